The normalized spacial score (nSPS) is 19.3. The van der Waals surface area contributed by atoms with Crippen LogP contribution in [0.4, 0.5) is 0 Å². The highest BCUT2D eigenvalue weighted by Gasteiger charge is 2.27. The Balaban J connectivity index is 0. The predicted molar refractivity (Wildman–Crippen MR) is 97.0 cm³/mol. The quantitative estimate of drug-likeness (QED) is 0.682. The zero-order valence-corrected chi connectivity index (χ0v) is 16.3. The lowest BCUT2D eigenvalue weighted by Crippen LogP contribution is -2.39. The van der Waals surface area contributed by atoms with E-state index in [1.54, 1.807) is 14.0 Å². The number of rotatable bonds is 5. The largest absolute Gasteiger partial charge is 0.501 e. The summed E-state index contributed by atoms with van der Waals surface area (Å²) in [5.74, 6) is 1.48. The van der Waals surface area contributed by atoms with E-state index in [2.05, 4.69) is 6.58 Å². The summed E-state index contributed by atoms with van der Waals surface area (Å²) in [5, 5.41) is 0. The molecule has 0 spiro atoms. The van der Waals surface area contributed by atoms with E-state index in [0.717, 1.165) is 31.4 Å². The van der Waals surface area contributed by atoms with Crippen LogP contribution in [0.1, 0.15) is 73.6 Å². The van der Waals surface area contributed by atoms with Crippen molar-refractivity contribution in [2.75, 3.05) is 13.7 Å². The predicted octanol–water partition coefficient (Wildman–Crippen LogP) is 4.79. The lowest BCUT2D eigenvalue weighted by atomic mass is 9.81. The van der Waals surface area contributed by atoms with Gasteiger partial charge in [0.05, 0.1) is 12.9 Å². The van der Waals surface area contributed by atoms with Crippen molar-refractivity contribution in [3.63, 3.8) is 0 Å². The Morgan fingerprint density at radius 3 is 1.91 bits per heavy atom. The number of nitrogens with zero attached hydrogens (tertiary/aromatic N) is 1. The Morgan fingerprint density at radius 1 is 1.09 bits per heavy atom. The minimum atomic E-state index is -0.143. The van der Waals surface area contributed by atoms with Crippen LogP contribution in [0.3, 0.4) is 0 Å². The third kappa shape index (κ3) is 8.77. The Hall–Kier alpha value is -1.32. The summed E-state index contributed by atoms with van der Waals surface area (Å²) in [6.45, 7) is 15.7. The van der Waals surface area contributed by atoms with Crippen molar-refractivity contribution >= 4 is 11.8 Å². The van der Waals surface area contributed by atoms with Gasteiger partial charge in [-0.25, -0.2) is 0 Å². The van der Waals surface area contributed by atoms with Crippen LogP contribution in [-0.4, -0.2) is 30.4 Å². The number of ether oxygens (including phenoxy) is 1. The fraction of sp³-hybridized carbons (Fsp3) is 0.789. The van der Waals surface area contributed by atoms with Crippen LogP contribution in [-0.2, 0) is 14.3 Å². The van der Waals surface area contributed by atoms with Gasteiger partial charge in [-0.1, -0.05) is 41.2 Å². The van der Waals surface area contributed by atoms with Crippen molar-refractivity contribution in [3.05, 3.63) is 12.3 Å². The van der Waals surface area contributed by atoms with Gasteiger partial charge in [0.25, 0.3) is 0 Å². The molecule has 23 heavy (non-hydrogen) atoms. The molecule has 1 aliphatic rings. The maximum atomic E-state index is 11.7. The molecule has 0 aliphatic heterocycles. The maximum Gasteiger partial charge on any atom is 0.228 e. The summed E-state index contributed by atoms with van der Waals surface area (Å²) < 4.78 is 5.19. The van der Waals surface area contributed by atoms with Crippen molar-refractivity contribution in [2.24, 2.45) is 11.8 Å². The van der Waals surface area contributed by atoms with E-state index in [0.29, 0.717) is 24.8 Å². The van der Waals surface area contributed by atoms with Gasteiger partial charge >= 0.3 is 0 Å². The fourth-order valence-electron chi connectivity index (χ4n) is 2.69. The third-order valence-corrected chi connectivity index (χ3v) is 3.99. The van der Waals surface area contributed by atoms with Crippen molar-refractivity contribution in [1.29, 1.82) is 0 Å². The van der Waals surface area contributed by atoms with Crippen molar-refractivity contribution in [3.8, 4) is 0 Å². The maximum absolute atomic E-state index is 11.7. The first-order valence-corrected chi connectivity index (χ1v) is 9.03. The second-order valence-corrected chi connectivity index (χ2v) is 5.27. The van der Waals surface area contributed by atoms with Crippen molar-refractivity contribution in [1.82, 2.24) is 4.90 Å². The molecule has 0 aromatic heterocycles. The second-order valence-electron chi connectivity index (χ2n) is 5.27. The Morgan fingerprint density at radius 2 is 1.57 bits per heavy atom. The molecule has 4 heteroatoms. The van der Waals surface area contributed by atoms with E-state index < -0.39 is 0 Å². The van der Waals surface area contributed by atoms with Crippen LogP contribution in [0.5, 0.6) is 0 Å². The number of hydrogen-bond donors (Lipinski definition) is 0. The highest BCUT2D eigenvalue weighted by atomic mass is 16.5. The molecule has 1 rings (SSSR count). The molecular formula is C19H37NO3. The van der Waals surface area contributed by atoms with Crippen LogP contribution in [0.25, 0.3) is 0 Å². The number of amides is 2. The van der Waals surface area contributed by atoms with Gasteiger partial charge in [-0.15, -0.1) is 0 Å². The molecule has 0 unspecified atom stereocenters. The van der Waals surface area contributed by atoms with Gasteiger partial charge in [-0.3, -0.25) is 14.5 Å². The molecule has 0 radical (unpaired) electrons. The van der Waals surface area contributed by atoms with E-state index >= 15 is 0 Å². The van der Waals surface area contributed by atoms with E-state index in [4.69, 9.17) is 4.74 Å². The number of allylic oxidation sites excluding steroid dienone is 1. The van der Waals surface area contributed by atoms with Crippen molar-refractivity contribution < 1.29 is 14.3 Å². The van der Waals surface area contributed by atoms with Crippen LogP contribution in [0.15, 0.2) is 12.3 Å². The summed E-state index contributed by atoms with van der Waals surface area (Å²) in [6.07, 6.45) is 4.49. The molecule has 2 amide bonds. The van der Waals surface area contributed by atoms with Gasteiger partial charge < -0.3 is 4.74 Å². The standard InChI is InChI=1S/C15H25NO3.2C2H6/c1-5-15(18)16(12(3)17)10-13-6-8-14(9-7-13)11(2)19-4;2*1-2/h13-14H,2,5-10H2,1,3-4H3;2*1-2H3. The van der Waals surface area contributed by atoms with E-state index in [1.807, 2.05) is 27.7 Å². The first-order valence-electron chi connectivity index (χ1n) is 9.03. The van der Waals surface area contributed by atoms with E-state index in [9.17, 15) is 9.59 Å². The lowest BCUT2D eigenvalue weighted by Gasteiger charge is -2.31. The number of imide groups is 1. The summed E-state index contributed by atoms with van der Waals surface area (Å²) in [4.78, 5) is 24.6. The molecule has 0 saturated heterocycles. The van der Waals surface area contributed by atoms with Crippen LogP contribution >= 0.6 is 0 Å². The Kier molecular flexibility index (Phi) is 14.9. The SMILES string of the molecule is C=C(OC)C1CCC(CN(C(C)=O)C(=O)CC)CC1.CC.CC. The minimum Gasteiger partial charge on any atom is -0.501 e. The zero-order valence-electron chi connectivity index (χ0n) is 16.3. The Labute approximate surface area is 143 Å². The van der Waals surface area contributed by atoms with Crippen molar-refractivity contribution in [2.45, 2.75) is 73.6 Å². The smallest absolute Gasteiger partial charge is 0.228 e. The van der Waals surface area contributed by atoms with Gasteiger partial charge in [0.15, 0.2) is 0 Å². The highest BCUT2D eigenvalue weighted by Crippen LogP contribution is 2.33. The molecule has 0 aromatic carbocycles. The third-order valence-electron chi connectivity index (χ3n) is 3.99. The molecular weight excluding hydrogens is 290 g/mol. The van der Waals surface area contributed by atoms with Crippen LogP contribution in [0.2, 0.25) is 0 Å². The fourth-order valence-corrected chi connectivity index (χ4v) is 2.69. The molecule has 136 valence electrons. The van der Waals surface area contributed by atoms with Gasteiger partial charge in [-0.05, 0) is 31.6 Å². The number of carbonyl (C=O) groups is 2. The van der Waals surface area contributed by atoms with Gasteiger partial charge in [0.2, 0.25) is 11.8 Å². The van der Waals surface area contributed by atoms with Crippen LogP contribution < -0.4 is 0 Å². The minimum absolute atomic E-state index is 0.0732. The average molecular weight is 328 g/mol. The molecule has 0 N–H and O–H groups in total. The molecule has 4 nitrogen and oxygen atoms in total. The Bertz CT molecular complexity index is 345. The van der Waals surface area contributed by atoms with E-state index in [1.165, 1.54) is 11.8 Å². The monoisotopic (exact) mass is 327 g/mol. The zero-order chi connectivity index (χ0) is 18.4. The molecule has 1 saturated carbocycles. The topological polar surface area (TPSA) is 46.6 Å². The molecule has 0 atom stereocenters. The first kappa shape index (κ1) is 23.9. The first-order chi connectivity index (χ1) is 11.0. The van der Waals surface area contributed by atoms with Crippen LogP contribution in [0, 0.1) is 11.8 Å². The number of carbonyl (C=O) groups excluding carboxylic acids is 2. The van der Waals surface area contributed by atoms with Gasteiger partial charge in [-0.2, -0.15) is 0 Å². The summed E-state index contributed by atoms with van der Waals surface area (Å²) in [6, 6.07) is 0. The summed E-state index contributed by atoms with van der Waals surface area (Å²) >= 11 is 0. The molecule has 0 heterocycles. The molecule has 0 aromatic rings. The lowest BCUT2D eigenvalue weighted by molar-refractivity contribution is -0.144. The summed E-state index contributed by atoms with van der Waals surface area (Å²) in [5.41, 5.74) is 0. The average Bonchev–Trinajstić information content (AvgIpc) is 2.62. The number of hydrogen-bond acceptors (Lipinski definition) is 3. The molecule has 1 aliphatic carbocycles. The molecule has 1 fully saturated rings. The molecule has 0 bridgehead atoms. The second kappa shape index (κ2) is 14.3. The van der Waals surface area contributed by atoms with Gasteiger partial charge in [0, 0.05) is 25.8 Å². The number of methoxy groups -OCH3 is 1. The van der Waals surface area contributed by atoms with Gasteiger partial charge in [0.1, 0.15) is 0 Å². The highest BCUT2D eigenvalue weighted by molar-refractivity contribution is 5.93. The summed E-state index contributed by atoms with van der Waals surface area (Å²) in [7, 11) is 1.66. The van der Waals surface area contributed by atoms with E-state index in [-0.39, 0.29) is 11.8 Å².